The Hall–Kier alpha value is -4.46. The lowest BCUT2D eigenvalue weighted by Gasteiger charge is -2.17. The number of carboxylic acid groups (broad SMARTS) is 2. The number of anilines is 2. The molecule has 150 valence electrons. The van der Waals surface area contributed by atoms with Gasteiger partial charge in [0, 0.05) is 11.1 Å². The van der Waals surface area contributed by atoms with E-state index in [1.807, 2.05) is 0 Å². The molecule has 0 radical (unpaired) electrons. The zero-order valence-corrected chi connectivity index (χ0v) is 15.5. The summed E-state index contributed by atoms with van der Waals surface area (Å²) in [5, 5.41) is 23.9. The van der Waals surface area contributed by atoms with Crippen molar-refractivity contribution in [2.24, 2.45) is 0 Å². The monoisotopic (exact) mass is 404 g/mol. The molecule has 0 saturated heterocycles. The molecule has 8 nitrogen and oxygen atoms in total. The molecule has 30 heavy (non-hydrogen) atoms. The Morgan fingerprint density at radius 1 is 0.533 bits per heavy atom. The molecule has 3 aromatic carbocycles. The van der Waals surface area contributed by atoms with Crippen LogP contribution in [0.25, 0.3) is 0 Å². The van der Waals surface area contributed by atoms with Crippen molar-refractivity contribution < 1.29 is 29.4 Å². The second-order valence-electron chi connectivity index (χ2n) is 6.16. The van der Waals surface area contributed by atoms with Gasteiger partial charge >= 0.3 is 11.9 Å². The van der Waals surface area contributed by atoms with Crippen LogP contribution in [0.4, 0.5) is 11.4 Å². The maximum atomic E-state index is 12.6. The first-order valence-corrected chi connectivity index (χ1v) is 8.75. The summed E-state index contributed by atoms with van der Waals surface area (Å²) in [7, 11) is 0. The first-order valence-electron chi connectivity index (χ1n) is 8.75. The molecule has 3 rings (SSSR count). The third-order valence-electron chi connectivity index (χ3n) is 4.22. The predicted molar refractivity (Wildman–Crippen MR) is 109 cm³/mol. The number of aromatic carboxylic acids is 2. The second-order valence-corrected chi connectivity index (χ2v) is 6.16. The maximum absolute atomic E-state index is 12.6. The van der Waals surface area contributed by atoms with E-state index in [1.165, 1.54) is 24.3 Å². The molecule has 0 fully saturated rings. The van der Waals surface area contributed by atoms with E-state index in [4.69, 9.17) is 0 Å². The summed E-state index contributed by atoms with van der Waals surface area (Å²) < 4.78 is 0. The van der Waals surface area contributed by atoms with Crippen molar-refractivity contribution in [3.63, 3.8) is 0 Å². The van der Waals surface area contributed by atoms with Crippen molar-refractivity contribution >= 4 is 35.1 Å². The van der Waals surface area contributed by atoms with Gasteiger partial charge in [-0.3, -0.25) is 9.59 Å². The highest BCUT2D eigenvalue weighted by atomic mass is 16.4. The quantitative estimate of drug-likeness (QED) is 0.496. The Labute approximate surface area is 170 Å². The van der Waals surface area contributed by atoms with Crippen molar-refractivity contribution in [1.29, 1.82) is 0 Å². The molecular formula is C22H16N2O6. The van der Waals surface area contributed by atoms with Crippen molar-refractivity contribution in [3.8, 4) is 0 Å². The minimum Gasteiger partial charge on any atom is -0.478 e. The lowest BCUT2D eigenvalue weighted by molar-refractivity contribution is 0.0682. The van der Waals surface area contributed by atoms with Gasteiger partial charge in [0.25, 0.3) is 11.8 Å². The van der Waals surface area contributed by atoms with Gasteiger partial charge in [-0.25, -0.2) is 9.59 Å². The normalized spacial score (nSPS) is 10.1. The number of hydrogen-bond acceptors (Lipinski definition) is 4. The minimum absolute atomic E-state index is 0.231. The van der Waals surface area contributed by atoms with Gasteiger partial charge in [0.15, 0.2) is 0 Å². The Kier molecular flexibility index (Phi) is 5.88. The van der Waals surface area contributed by atoms with Crippen LogP contribution in [0.15, 0.2) is 72.8 Å². The summed E-state index contributed by atoms with van der Waals surface area (Å²) >= 11 is 0. The Morgan fingerprint density at radius 3 is 1.17 bits per heavy atom. The minimum atomic E-state index is -1.40. The summed E-state index contributed by atoms with van der Waals surface area (Å²) in [6.45, 7) is 0. The zero-order valence-electron chi connectivity index (χ0n) is 15.5. The van der Waals surface area contributed by atoms with Crippen LogP contribution in [-0.4, -0.2) is 34.0 Å². The highest BCUT2D eigenvalue weighted by molar-refractivity contribution is 6.16. The first kappa shape index (κ1) is 20.3. The van der Waals surface area contributed by atoms with E-state index in [2.05, 4.69) is 10.6 Å². The van der Waals surface area contributed by atoms with Crippen LogP contribution in [-0.2, 0) is 0 Å². The maximum Gasteiger partial charge on any atom is 0.337 e. The molecular weight excluding hydrogens is 388 g/mol. The number of rotatable bonds is 6. The number of carboxylic acids is 2. The van der Waals surface area contributed by atoms with Gasteiger partial charge in [-0.15, -0.1) is 0 Å². The predicted octanol–water partition coefficient (Wildman–Crippen LogP) is 3.59. The fourth-order valence-electron chi connectivity index (χ4n) is 2.77. The molecule has 0 atom stereocenters. The molecule has 0 aliphatic carbocycles. The number of carbonyl (C=O) groups is 4. The van der Waals surface area contributed by atoms with Crippen LogP contribution < -0.4 is 10.6 Å². The fourth-order valence-corrected chi connectivity index (χ4v) is 2.77. The van der Waals surface area contributed by atoms with Crippen LogP contribution in [0.3, 0.4) is 0 Å². The molecule has 0 heterocycles. The average Bonchev–Trinajstić information content (AvgIpc) is 2.75. The number of carbonyl (C=O) groups excluding carboxylic acids is 2. The van der Waals surface area contributed by atoms with E-state index < -0.39 is 23.8 Å². The van der Waals surface area contributed by atoms with Gasteiger partial charge in [-0.1, -0.05) is 36.4 Å². The van der Waals surface area contributed by atoms with Gasteiger partial charge in [-0.2, -0.15) is 0 Å². The molecule has 0 unspecified atom stereocenters. The van der Waals surface area contributed by atoms with Crippen LogP contribution in [0.5, 0.6) is 0 Å². The van der Waals surface area contributed by atoms with E-state index >= 15 is 0 Å². The summed E-state index contributed by atoms with van der Waals surface area (Å²) in [6.07, 6.45) is 0. The van der Waals surface area contributed by atoms with Crippen molar-refractivity contribution in [2.75, 3.05) is 10.6 Å². The summed E-state index contributed by atoms with van der Waals surface area (Å²) in [4.78, 5) is 48.7. The topological polar surface area (TPSA) is 133 Å². The molecule has 0 aliphatic rings. The molecule has 0 bridgehead atoms. The van der Waals surface area contributed by atoms with Crippen molar-refractivity contribution in [2.45, 2.75) is 0 Å². The molecule has 8 heteroatoms. The van der Waals surface area contributed by atoms with Gasteiger partial charge in [0.05, 0.1) is 22.5 Å². The Bertz CT molecular complexity index is 1040. The molecule has 3 aromatic rings. The first-order chi connectivity index (χ1) is 14.4. The summed E-state index contributed by atoms with van der Waals surface area (Å²) in [5.74, 6) is -4.11. The Balaban J connectivity index is 2.11. The largest absolute Gasteiger partial charge is 0.478 e. The number of hydrogen-bond donors (Lipinski definition) is 4. The van der Waals surface area contributed by atoms with Crippen LogP contribution >= 0.6 is 0 Å². The third-order valence-corrected chi connectivity index (χ3v) is 4.22. The molecule has 0 spiro atoms. The van der Waals surface area contributed by atoms with Gasteiger partial charge in [0.2, 0.25) is 0 Å². The van der Waals surface area contributed by atoms with Crippen LogP contribution in [0.1, 0.15) is 41.4 Å². The zero-order chi connectivity index (χ0) is 21.7. The lowest BCUT2D eigenvalue weighted by Crippen LogP contribution is -2.21. The van der Waals surface area contributed by atoms with E-state index in [1.54, 1.807) is 36.4 Å². The number of nitrogens with one attached hydrogen (secondary N) is 2. The SMILES string of the molecule is O=C(Nc1c(C(=O)O)ccc(C(=O)O)c1NC(=O)c1ccccc1)c1ccccc1. The van der Waals surface area contributed by atoms with Gasteiger partial charge in [0.1, 0.15) is 0 Å². The molecule has 0 saturated carbocycles. The van der Waals surface area contributed by atoms with E-state index in [0.29, 0.717) is 0 Å². The smallest absolute Gasteiger partial charge is 0.337 e. The van der Waals surface area contributed by atoms with Crippen molar-refractivity contribution in [3.05, 3.63) is 95.1 Å². The van der Waals surface area contributed by atoms with Crippen molar-refractivity contribution in [1.82, 2.24) is 0 Å². The van der Waals surface area contributed by atoms with Gasteiger partial charge < -0.3 is 20.8 Å². The standard InChI is InChI=1S/C22H16N2O6/c25-19(13-7-3-1-4-8-13)23-17-15(21(27)28)11-12-16(22(29)30)18(17)24-20(26)14-9-5-2-6-10-14/h1-12H,(H,23,25)(H,24,26)(H,27,28)(H,29,30). The van der Waals surface area contributed by atoms with Gasteiger partial charge in [-0.05, 0) is 36.4 Å². The fraction of sp³-hybridized carbons (Fsp3) is 0. The number of benzene rings is 3. The summed E-state index contributed by atoms with van der Waals surface area (Å²) in [5.41, 5.74) is -0.911. The van der Waals surface area contributed by atoms with Crippen LogP contribution in [0.2, 0.25) is 0 Å². The number of amides is 2. The third kappa shape index (κ3) is 4.33. The Morgan fingerprint density at radius 2 is 0.867 bits per heavy atom. The highest BCUT2D eigenvalue weighted by Crippen LogP contribution is 2.32. The van der Waals surface area contributed by atoms with Crippen LogP contribution in [0, 0.1) is 0 Å². The molecule has 0 aromatic heterocycles. The van der Waals surface area contributed by atoms with E-state index in [-0.39, 0.29) is 33.6 Å². The molecule has 0 aliphatic heterocycles. The lowest BCUT2D eigenvalue weighted by atomic mass is 10.0. The average molecular weight is 404 g/mol. The summed E-state index contributed by atoms with van der Waals surface area (Å²) in [6, 6.07) is 18.1. The molecule has 4 N–H and O–H groups in total. The molecule has 2 amide bonds. The van der Waals surface area contributed by atoms with E-state index in [0.717, 1.165) is 12.1 Å². The highest BCUT2D eigenvalue weighted by Gasteiger charge is 2.24. The second kappa shape index (κ2) is 8.70. The van der Waals surface area contributed by atoms with E-state index in [9.17, 15) is 29.4 Å².